The lowest BCUT2D eigenvalue weighted by molar-refractivity contribution is -0.123. The number of para-hydroxylation sites is 1. The molecule has 3 N–H and O–H groups in total. The van der Waals surface area contributed by atoms with Gasteiger partial charge in [-0.2, -0.15) is 5.26 Å². The molecule has 0 aliphatic carbocycles. The van der Waals surface area contributed by atoms with E-state index in [-0.39, 0.29) is 12.3 Å². The van der Waals surface area contributed by atoms with Crippen molar-refractivity contribution >= 4 is 34.3 Å². The summed E-state index contributed by atoms with van der Waals surface area (Å²) in [5.74, 6) is -0.493. The van der Waals surface area contributed by atoms with Gasteiger partial charge in [-0.1, -0.05) is 30.3 Å². The topological polar surface area (TPSA) is 97.8 Å². The Labute approximate surface area is 173 Å². The number of nitrogens with one attached hydrogen (secondary N) is 3. The molecule has 148 valence electrons. The zero-order chi connectivity index (χ0) is 20.8. The van der Waals surface area contributed by atoms with Gasteiger partial charge < -0.3 is 15.6 Å². The van der Waals surface area contributed by atoms with E-state index in [1.165, 1.54) is 0 Å². The molecular formula is C22H21ClN4O2. The summed E-state index contributed by atoms with van der Waals surface area (Å²) in [5, 5.41) is 15.4. The molecule has 3 aromatic rings. The van der Waals surface area contributed by atoms with Crippen LogP contribution in [-0.4, -0.2) is 28.9 Å². The van der Waals surface area contributed by atoms with Crippen LogP contribution >= 0.6 is 11.6 Å². The van der Waals surface area contributed by atoms with Crippen molar-refractivity contribution in [3.05, 3.63) is 71.4 Å². The minimum Gasteiger partial charge on any atom is -0.361 e. The minimum absolute atomic E-state index is 0.287. The van der Waals surface area contributed by atoms with Crippen molar-refractivity contribution in [1.82, 2.24) is 15.6 Å². The van der Waals surface area contributed by atoms with Crippen LogP contribution in [0.3, 0.4) is 0 Å². The zero-order valence-corrected chi connectivity index (χ0v) is 16.7. The minimum atomic E-state index is -0.836. The van der Waals surface area contributed by atoms with E-state index in [2.05, 4.69) is 15.6 Å². The molecule has 2 aromatic carbocycles. The normalized spacial score (nSPS) is 12.7. The Balaban J connectivity index is 1.85. The SMILES string of the molecule is CC(C#N)NC(=O)C(Cc1c[nH]c2ccccc12)NC(=O)c1cccc(CCl)c1. The quantitative estimate of drug-likeness (QED) is 0.523. The van der Waals surface area contributed by atoms with Gasteiger partial charge in [0, 0.05) is 35.0 Å². The van der Waals surface area contributed by atoms with Crippen molar-refractivity contribution in [3.63, 3.8) is 0 Å². The number of nitrogens with zero attached hydrogens (tertiary/aromatic N) is 1. The molecule has 0 spiro atoms. The second kappa shape index (κ2) is 9.26. The molecule has 2 unspecified atom stereocenters. The summed E-state index contributed by atoms with van der Waals surface area (Å²) in [6.07, 6.45) is 2.12. The lowest BCUT2D eigenvalue weighted by Gasteiger charge is -2.19. The van der Waals surface area contributed by atoms with Gasteiger partial charge in [-0.15, -0.1) is 11.6 Å². The van der Waals surface area contributed by atoms with Crippen LogP contribution in [0.25, 0.3) is 10.9 Å². The van der Waals surface area contributed by atoms with Crippen molar-refractivity contribution < 1.29 is 9.59 Å². The zero-order valence-electron chi connectivity index (χ0n) is 15.9. The Bertz CT molecular complexity index is 1070. The van der Waals surface area contributed by atoms with Gasteiger partial charge in [0.15, 0.2) is 0 Å². The van der Waals surface area contributed by atoms with Crippen molar-refractivity contribution in [2.75, 3.05) is 0 Å². The molecule has 0 saturated heterocycles. The Morgan fingerprint density at radius 1 is 1.17 bits per heavy atom. The van der Waals surface area contributed by atoms with Gasteiger partial charge in [0.05, 0.1) is 6.07 Å². The summed E-state index contributed by atoms with van der Waals surface area (Å²) in [4.78, 5) is 28.7. The number of aromatic nitrogens is 1. The third-order valence-electron chi connectivity index (χ3n) is 4.62. The van der Waals surface area contributed by atoms with E-state index >= 15 is 0 Å². The average molecular weight is 409 g/mol. The van der Waals surface area contributed by atoms with Crippen molar-refractivity contribution in [2.24, 2.45) is 0 Å². The number of carbonyl (C=O) groups excluding carboxylic acids is 2. The van der Waals surface area contributed by atoms with E-state index < -0.39 is 18.0 Å². The molecule has 29 heavy (non-hydrogen) atoms. The molecule has 3 rings (SSSR count). The van der Waals surface area contributed by atoms with E-state index in [0.29, 0.717) is 11.4 Å². The molecule has 0 aliphatic rings. The molecule has 7 heteroatoms. The van der Waals surface area contributed by atoms with Crippen LogP contribution in [0, 0.1) is 11.3 Å². The smallest absolute Gasteiger partial charge is 0.251 e. The molecule has 1 heterocycles. The van der Waals surface area contributed by atoms with E-state index in [1.54, 1.807) is 25.1 Å². The molecule has 0 saturated carbocycles. The first-order valence-corrected chi connectivity index (χ1v) is 9.76. The predicted octanol–water partition coefficient (Wildman–Crippen LogP) is 3.28. The maximum atomic E-state index is 12.8. The van der Waals surface area contributed by atoms with Gasteiger partial charge in [-0.3, -0.25) is 9.59 Å². The number of H-pyrrole nitrogens is 1. The summed E-state index contributed by atoms with van der Waals surface area (Å²) in [6.45, 7) is 1.59. The van der Waals surface area contributed by atoms with Crippen molar-refractivity contribution in [1.29, 1.82) is 5.26 Å². The summed E-state index contributed by atoms with van der Waals surface area (Å²) in [7, 11) is 0. The standard InChI is InChI=1S/C22H21ClN4O2/c1-14(12-24)26-22(29)20(10-17-13-25-19-8-3-2-7-18(17)19)27-21(28)16-6-4-5-15(9-16)11-23/h2-9,13-14,20,25H,10-11H2,1H3,(H,26,29)(H,27,28). The van der Waals surface area contributed by atoms with Crippen LogP contribution in [0.2, 0.25) is 0 Å². The molecule has 0 radical (unpaired) electrons. The Kier molecular flexibility index (Phi) is 6.53. The van der Waals surface area contributed by atoms with Crippen LogP contribution < -0.4 is 10.6 Å². The maximum Gasteiger partial charge on any atom is 0.251 e. The number of amides is 2. The van der Waals surface area contributed by atoms with E-state index in [0.717, 1.165) is 22.0 Å². The molecule has 6 nitrogen and oxygen atoms in total. The highest BCUT2D eigenvalue weighted by Crippen LogP contribution is 2.19. The third-order valence-corrected chi connectivity index (χ3v) is 4.93. The van der Waals surface area contributed by atoms with Gasteiger partial charge in [0.1, 0.15) is 12.1 Å². The summed E-state index contributed by atoms with van der Waals surface area (Å²) < 4.78 is 0. The highest BCUT2D eigenvalue weighted by molar-refractivity contribution is 6.17. The number of hydrogen-bond acceptors (Lipinski definition) is 3. The predicted molar refractivity (Wildman–Crippen MR) is 112 cm³/mol. The largest absolute Gasteiger partial charge is 0.361 e. The van der Waals surface area contributed by atoms with Gasteiger partial charge in [0.25, 0.3) is 5.91 Å². The summed E-state index contributed by atoms with van der Waals surface area (Å²) in [6, 6.07) is 15.2. The molecular weight excluding hydrogens is 388 g/mol. The second-order valence-corrected chi connectivity index (χ2v) is 7.05. The number of hydrogen-bond donors (Lipinski definition) is 3. The first kappa shape index (κ1) is 20.4. The number of benzene rings is 2. The van der Waals surface area contributed by atoms with Gasteiger partial charge in [-0.25, -0.2) is 0 Å². The van der Waals surface area contributed by atoms with E-state index in [9.17, 15) is 9.59 Å². The van der Waals surface area contributed by atoms with Gasteiger partial charge >= 0.3 is 0 Å². The van der Waals surface area contributed by atoms with Gasteiger partial charge in [0.2, 0.25) is 5.91 Å². The molecule has 2 amide bonds. The molecule has 0 fully saturated rings. The third kappa shape index (κ3) is 4.95. The molecule has 1 aromatic heterocycles. The highest BCUT2D eigenvalue weighted by Gasteiger charge is 2.24. The lowest BCUT2D eigenvalue weighted by Crippen LogP contribution is -2.50. The fraction of sp³-hybridized carbons (Fsp3) is 0.227. The van der Waals surface area contributed by atoms with E-state index in [4.69, 9.17) is 16.9 Å². The first-order valence-electron chi connectivity index (χ1n) is 9.22. The fourth-order valence-electron chi connectivity index (χ4n) is 3.11. The first-order chi connectivity index (χ1) is 14.0. The van der Waals surface area contributed by atoms with Crippen LogP contribution in [0.4, 0.5) is 0 Å². The Morgan fingerprint density at radius 3 is 2.72 bits per heavy atom. The number of rotatable bonds is 7. The summed E-state index contributed by atoms with van der Waals surface area (Å²) >= 11 is 5.85. The van der Waals surface area contributed by atoms with Crippen LogP contribution in [-0.2, 0) is 17.1 Å². The molecule has 0 bridgehead atoms. The number of aromatic amines is 1. The number of carbonyl (C=O) groups is 2. The fourth-order valence-corrected chi connectivity index (χ4v) is 3.28. The molecule has 2 atom stereocenters. The van der Waals surface area contributed by atoms with E-state index in [1.807, 2.05) is 42.6 Å². The van der Waals surface area contributed by atoms with Gasteiger partial charge in [-0.05, 0) is 36.2 Å². The van der Waals surface area contributed by atoms with Crippen LogP contribution in [0.5, 0.6) is 0 Å². The highest BCUT2D eigenvalue weighted by atomic mass is 35.5. The van der Waals surface area contributed by atoms with Crippen LogP contribution in [0.1, 0.15) is 28.4 Å². The second-order valence-electron chi connectivity index (χ2n) is 6.78. The lowest BCUT2D eigenvalue weighted by atomic mass is 10.0. The number of nitriles is 1. The average Bonchev–Trinajstić information content (AvgIpc) is 3.16. The van der Waals surface area contributed by atoms with Crippen molar-refractivity contribution in [2.45, 2.75) is 31.3 Å². The number of alkyl halides is 1. The Morgan fingerprint density at radius 2 is 1.97 bits per heavy atom. The molecule has 0 aliphatic heterocycles. The Hall–Kier alpha value is -3.30. The maximum absolute atomic E-state index is 12.8. The van der Waals surface area contributed by atoms with Crippen molar-refractivity contribution in [3.8, 4) is 6.07 Å². The van der Waals surface area contributed by atoms with Crippen LogP contribution in [0.15, 0.2) is 54.7 Å². The number of fused-ring (bicyclic) bond motifs is 1. The number of halogens is 1. The monoisotopic (exact) mass is 408 g/mol. The summed E-state index contributed by atoms with van der Waals surface area (Å²) in [5.41, 5.74) is 3.09.